The number of carbonyl (C=O) groups is 1. The second-order valence-corrected chi connectivity index (χ2v) is 5.55. The van der Waals surface area contributed by atoms with Crippen LogP contribution in [0.4, 0.5) is 0 Å². The fourth-order valence-electron chi connectivity index (χ4n) is 2.22. The van der Waals surface area contributed by atoms with E-state index >= 15 is 0 Å². The molecule has 2 heterocycles. The maximum atomic E-state index is 12.1. The van der Waals surface area contributed by atoms with E-state index in [0.29, 0.717) is 5.69 Å². The smallest absolute Gasteiger partial charge is 0.270 e. The molecule has 96 valence electrons. The Morgan fingerprint density at radius 3 is 2.89 bits per heavy atom. The van der Waals surface area contributed by atoms with Gasteiger partial charge in [0, 0.05) is 16.8 Å². The zero-order valence-electron chi connectivity index (χ0n) is 10.4. The van der Waals surface area contributed by atoms with Gasteiger partial charge in [0.15, 0.2) is 0 Å². The summed E-state index contributed by atoms with van der Waals surface area (Å²) in [5.41, 5.74) is 1.68. The van der Waals surface area contributed by atoms with Crippen LogP contribution in [0.25, 0.3) is 0 Å². The molecule has 1 aliphatic rings. The van der Waals surface area contributed by atoms with E-state index in [1.54, 1.807) is 12.3 Å². The number of hydrogen-bond acceptors (Lipinski definition) is 3. The lowest BCUT2D eigenvalue weighted by molar-refractivity contribution is 0.0930. The van der Waals surface area contributed by atoms with Gasteiger partial charge in [0.2, 0.25) is 0 Å². The van der Waals surface area contributed by atoms with Crippen molar-refractivity contribution in [2.45, 2.75) is 17.4 Å². The summed E-state index contributed by atoms with van der Waals surface area (Å²) in [5.74, 6) is 0.928. The van der Waals surface area contributed by atoms with Gasteiger partial charge in [-0.1, -0.05) is 24.3 Å². The van der Waals surface area contributed by atoms with E-state index in [4.69, 9.17) is 0 Å². The summed E-state index contributed by atoms with van der Waals surface area (Å²) in [7, 11) is 0. The maximum Gasteiger partial charge on any atom is 0.270 e. The van der Waals surface area contributed by atoms with Gasteiger partial charge in [-0.2, -0.15) is 0 Å². The number of thioether (sulfide) groups is 1. The standard InChI is InChI=1S/C15H14N2OS/c18-15(13-6-3-4-9-16-13)17-12-8-10-19-14-7-2-1-5-11(12)14/h1-7,9,12H,8,10H2,(H,17,18)/t12-/m1/s1. The first kappa shape index (κ1) is 12.2. The third-order valence-electron chi connectivity index (χ3n) is 3.16. The molecule has 0 bridgehead atoms. The quantitative estimate of drug-likeness (QED) is 0.912. The summed E-state index contributed by atoms with van der Waals surface area (Å²) >= 11 is 1.85. The molecule has 1 aromatic heterocycles. The summed E-state index contributed by atoms with van der Waals surface area (Å²) in [6.07, 6.45) is 2.60. The molecule has 0 aliphatic carbocycles. The van der Waals surface area contributed by atoms with Crippen LogP contribution in [0.15, 0.2) is 53.6 Å². The van der Waals surface area contributed by atoms with Gasteiger partial charge >= 0.3 is 0 Å². The van der Waals surface area contributed by atoms with Crippen molar-refractivity contribution < 1.29 is 4.79 Å². The van der Waals surface area contributed by atoms with Gasteiger partial charge in [0.25, 0.3) is 5.91 Å². The van der Waals surface area contributed by atoms with Crippen molar-refractivity contribution in [1.82, 2.24) is 10.3 Å². The van der Waals surface area contributed by atoms with Crippen LogP contribution in [0.3, 0.4) is 0 Å². The van der Waals surface area contributed by atoms with E-state index in [1.165, 1.54) is 10.5 Å². The van der Waals surface area contributed by atoms with E-state index in [2.05, 4.69) is 22.4 Å². The van der Waals surface area contributed by atoms with Crippen LogP contribution in [0.1, 0.15) is 28.5 Å². The summed E-state index contributed by atoms with van der Waals surface area (Å²) in [6, 6.07) is 13.7. The number of benzene rings is 1. The summed E-state index contributed by atoms with van der Waals surface area (Å²) in [6.45, 7) is 0. The Kier molecular flexibility index (Phi) is 3.51. The molecule has 0 spiro atoms. The zero-order chi connectivity index (χ0) is 13.1. The van der Waals surface area contributed by atoms with Crippen molar-refractivity contribution in [1.29, 1.82) is 0 Å². The molecule has 1 aromatic carbocycles. The Balaban J connectivity index is 1.80. The third-order valence-corrected chi connectivity index (χ3v) is 4.28. The highest BCUT2D eigenvalue weighted by atomic mass is 32.2. The highest BCUT2D eigenvalue weighted by Crippen LogP contribution is 2.35. The molecule has 1 atom stereocenters. The molecule has 19 heavy (non-hydrogen) atoms. The minimum atomic E-state index is -0.104. The van der Waals surface area contributed by atoms with Gasteiger partial charge in [-0.25, -0.2) is 0 Å². The van der Waals surface area contributed by atoms with Crippen LogP contribution in [-0.2, 0) is 0 Å². The molecule has 1 amide bonds. The van der Waals surface area contributed by atoms with Crippen molar-refractivity contribution >= 4 is 17.7 Å². The van der Waals surface area contributed by atoms with Crippen molar-refractivity contribution in [2.24, 2.45) is 0 Å². The molecule has 3 nitrogen and oxygen atoms in total. The van der Waals surface area contributed by atoms with Gasteiger partial charge in [-0.15, -0.1) is 11.8 Å². The van der Waals surface area contributed by atoms with Crippen LogP contribution < -0.4 is 5.32 Å². The minimum Gasteiger partial charge on any atom is -0.344 e. The monoisotopic (exact) mass is 270 g/mol. The molecule has 0 saturated heterocycles. The largest absolute Gasteiger partial charge is 0.344 e. The fourth-order valence-corrected chi connectivity index (χ4v) is 3.35. The van der Waals surface area contributed by atoms with Crippen LogP contribution >= 0.6 is 11.8 Å². The molecule has 0 saturated carbocycles. The number of aromatic nitrogens is 1. The zero-order valence-corrected chi connectivity index (χ0v) is 11.2. The van der Waals surface area contributed by atoms with Crippen LogP contribution in [-0.4, -0.2) is 16.6 Å². The highest BCUT2D eigenvalue weighted by Gasteiger charge is 2.22. The first-order valence-electron chi connectivity index (χ1n) is 6.28. The average molecular weight is 270 g/mol. The molecule has 2 aromatic rings. The molecular formula is C15H14N2OS. The second kappa shape index (κ2) is 5.45. The number of hydrogen-bond donors (Lipinski definition) is 1. The van der Waals surface area contributed by atoms with E-state index in [1.807, 2.05) is 36.0 Å². The lowest BCUT2D eigenvalue weighted by atomic mass is 10.0. The molecule has 1 N–H and O–H groups in total. The Morgan fingerprint density at radius 2 is 2.05 bits per heavy atom. The second-order valence-electron chi connectivity index (χ2n) is 4.42. The third kappa shape index (κ3) is 2.63. The molecule has 0 fully saturated rings. The number of nitrogens with zero attached hydrogens (tertiary/aromatic N) is 1. The molecule has 4 heteroatoms. The van der Waals surface area contributed by atoms with Crippen molar-refractivity contribution in [3.8, 4) is 0 Å². The van der Waals surface area contributed by atoms with Crippen molar-refractivity contribution in [3.63, 3.8) is 0 Å². The lowest BCUT2D eigenvalue weighted by Crippen LogP contribution is -2.31. The predicted molar refractivity (Wildman–Crippen MR) is 76.2 cm³/mol. The lowest BCUT2D eigenvalue weighted by Gasteiger charge is -2.25. The number of amides is 1. The molecule has 3 rings (SSSR count). The molecule has 0 unspecified atom stereocenters. The van der Waals surface area contributed by atoms with Crippen LogP contribution in [0.5, 0.6) is 0 Å². The Morgan fingerprint density at radius 1 is 1.21 bits per heavy atom. The number of carbonyl (C=O) groups excluding carboxylic acids is 1. The number of fused-ring (bicyclic) bond motifs is 1. The molecular weight excluding hydrogens is 256 g/mol. The normalized spacial score (nSPS) is 17.6. The van der Waals surface area contributed by atoms with Crippen LogP contribution in [0, 0.1) is 0 Å². The van der Waals surface area contributed by atoms with E-state index in [0.717, 1.165) is 12.2 Å². The predicted octanol–water partition coefficient (Wildman–Crippen LogP) is 3.05. The maximum absolute atomic E-state index is 12.1. The first-order chi connectivity index (χ1) is 9.34. The topological polar surface area (TPSA) is 42.0 Å². The van der Waals surface area contributed by atoms with E-state index in [9.17, 15) is 4.79 Å². The summed E-state index contributed by atoms with van der Waals surface area (Å²) in [4.78, 5) is 17.5. The van der Waals surface area contributed by atoms with Gasteiger partial charge in [0.1, 0.15) is 5.69 Å². The SMILES string of the molecule is O=C(N[C@@H]1CCSc2ccccc21)c1ccccn1. The highest BCUT2D eigenvalue weighted by molar-refractivity contribution is 7.99. The van der Waals surface area contributed by atoms with Crippen molar-refractivity contribution in [2.75, 3.05) is 5.75 Å². The fraction of sp³-hybridized carbons (Fsp3) is 0.200. The van der Waals surface area contributed by atoms with Gasteiger partial charge in [0.05, 0.1) is 6.04 Å². The first-order valence-corrected chi connectivity index (χ1v) is 7.27. The number of nitrogens with one attached hydrogen (secondary N) is 1. The average Bonchev–Trinajstić information content (AvgIpc) is 2.48. The van der Waals surface area contributed by atoms with Crippen molar-refractivity contribution in [3.05, 3.63) is 59.9 Å². The Hall–Kier alpha value is -1.81. The molecule has 1 aliphatic heterocycles. The molecule has 0 radical (unpaired) electrons. The Labute approximate surface area is 116 Å². The summed E-state index contributed by atoms with van der Waals surface area (Å²) in [5, 5.41) is 3.08. The van der Waals surface area contributed by atoms with Gasteiger partial charge < -0.3 is 5.32 Å². The van der Waals surface area contributed by atoms with E-state index in [-0.39, 0.29) is 11.9 Å². The number of pyridine rings is 1. The minimum absolute atomic E-state index is 0.0898. The van der Waals surface area contributed by atoms with E-state index < -0.39 is 0 Å². The summed E-state index contributed by atoms with van der Waals surface area (Å²) < 4.78 is 0. The Bertz CT molecular complexity index is 586. The van der Waals surface area contributed by atoms with Gasteiger partial charge in [-0.3, -0.25) is 9.78 Å². The number of rotatable bonds is 2. The van der Waals surface area contributed by atoms with Gasteiger partial charge in [-0.05, 0) is 30.2 Å². The van der Waals surface area contributed by atoms with Crippen LogP contribution in [0.2, 0.25) is 0 Å².